The van der Waals surface area contributed by atoms with Crippen LogP contribution in [0.5, 0.6) is 0 Å². The van der Waals surface area contributed by atoms with E-state index in [0.717, 1.165) is 18.4 Å². The van der Waals surface area contributed by atoms with Crippen molar-refractivity contribution in [1.82, 2.24) is 4.90 Å². The molecule has 1 aromatic rings. The van der Waals surface area contributed by atoms with Gasteiger partial charge in [-0.3, -0.25) is 4.79 Å². The zero-order valence-electron chi connectivity index (χ0n) is 9.98. The minimum absolute atomic E-state index is 0.0190. The number of hydrogen-bond acceptors (Lipinski definition) is 3. The molecule has 0 radical (unpaired) electrons. The molecule has 1 heterocycles. The molecular formula is C12H20N2O2. The van der Waals surface area contributed by atoms with Gasteiger partial charge in [-0.25, -0.2) is 0 Å². The molecule has 4 nitrogen and oxygen atoms in total. The van der Waals surface area contributed by atoms with Crippen LogP contribution in [0.15, 0.2) is 23.0 Å². The molecule has 0 spiro atoms. The molecule has 0 unspecified atom stereocenters. The molecule has 0 saturated heterocycles. The predicted octanol–water partition coefficient (Wildman–Crippen LogP) is 1.76. The highest BCUT2D eigenvalue weighted by Gasteiger charge is 2.19. The fourth-order valence-electron chi connectivity index (χ4n) is 1.62. The van der Waals surface area contributed by atoms with Crippen LogP contribution in [0.2, 0.25) is 0 Å². The normalized spacial score (nSPS) is 12.4. The van der Waals surface area contributed by atoms with Gasteiger partial charge in [-0.2, -0.15) is 0 Å². The van der Waals surface area contributed by atoms with E-state index in [-0.39, 0.29) is 11.9 Å². The zero-order chi connectivity index (χ0) is 12.0. The fourth-order valence-corrected chi connectivity index (χ4v) is 1.62. The van der Waals surface area contributed by atoms with Crippen molar-refractivity contribution in [3.05, 3.63) is 24.2 Å². The lowest BCUT2D eigenvalue weighted by Crippen LogP contribution is -2.43. The summed E-state index contributed by atoms with van der Waals surface area (Å²) in [6.45, 7) is 5.22. The van der Waals surface area contributed by atoms with Crippen LogP contribution in [-0.4, -0.2) is 23.4 Å². The molecule has 4 heteroatoms. The van der Waals surface area contributed by atoms with Crippen molar-refractivity contribution in [2.45, 2.75) is 39.3 Å². The molecule has 1 atom stereocenters. The van der Waals surface area contributed by atoms with Gasteiger partial charge in [0.2, 0.25) is 5.91 Å². The molecular weight excluding hydrogens is 204 g/mol. The maximum Gasteiger partial charge on any atom is 0.239 e. The van der Waals surface area contributed by atoms with Gasteiger partial charge < -0.3 is 15.1 Å². The van der Waals surface area contributed by atoms with E-state index < -0.39 is 0 Å². The summed E-state index contributed by atoms with van der Waals surface area (Å²) in [5.41, 5.74) is 6.82. The van der Waals surface area contributed by atoms with E-state index in [9.17, 15) is 4.79 Å². The summed E-state index contributed by atoms with van der Waals surface area (Å²) in [7, 11) is 0. The van der Waals surface area contributed by atoms with Crippen LogP contribution >= 0.6 is 0 Å². The molecule has 16 heavy (non-hydrogen) atoms. The first-order chi connectivity index (χ1) is 7.69. The maximum atomic E-state index is 12.0. The molecule has 1 aromatic heterocycles. The maximum absolute atomic E-state index is 12.0. The highest BCUT2D eigenvalue weighted by atomic mass is 16.3. The summed E-state index contributed by atoms with van der Waals surface area (Å²) in [5, 5.41) is 0. The molecule has 1 rings (SSSR count). The molecule has 0 saturated carbocycles. The molecule has 2 N–H and O–H groups in total. The lowest BCUT2D eigenvalue weighted by Gasteiger charge is -2.23. The Balaban J connectivity index is 2.56. The summed E-state index contributed by atoms with van der Waals surface area (Å²) in [6, 6.07) is 1.48. The van der Waals surface area contributed by atoms with Crippen molar-refractivity contribution >= 4 is 5.91 Å². The van der Waals surface area contributed by atoms with Crippen LogP contribution in [0.3, 0.4) is 0 Å². The summed E-state index contributed by atoms with van der Waals surface area (Å²) in [5.74, 6) is 0.0190. The first kappa shape index (κ1) is 12.8. The standard InChI is InChI=1S/C12H20N2O2/c1-3-5-11(13)12(15)14(4-2)8-10-6-7-16-9-10/h6-7,9,11H,3-5,8,13H2,1-2H3/t11-/m0/s1. The van der Waals surface area contributed by atoms with Crippen LogP contribution in [-0.2, 0) is 11.3 Å². The van der Waals surface area contributed by atoms with E-state index in [2.05, 4.69) is 0 Å². The highest BCUT2D eigenvalue weighted by molar-refractivity contribution is 5.81. The van der Waals surface area contributed by atoms with E-state index in [1.165, 1.54) is 0 Å². The van der Waals surface area contributed by atoms with E-state index in [1.54, 1.807) is 17.4 Å². The molecule has 0 bridgehead atoms. The van der Waals surface area contributed by atoms with E-state index in [1.807, 2.05) is 19.9 Å². The SMILES string of the molecule is CCC[C@H](N)C(=O)N(CC)Cc1ccoc1. The lowest BCUT2D eigenvalue weighted by atomic mass is 10.1. The Bertz CT molecular complexity index is 309. The summed E-state index contributed by atoms with van der Waals surface area (Å²) in [4.78, 5) is 13.7. The number of rotatable bonds is 6. The van der Waals surface area contributed by atoms with Gasteiger partial charge in [0.25, 0.3) is 0 Å². The van der Waals surface area contributed by atoms with Crippen molar-refractivity contribution < 1.29 is 9.21 Å². The molecule has 0 fully saturated rings. The summed E-state index contributed by atoms with van der Waals surface area (Å²) >= 11 is 0. The molecule has 0 aliphatic heterocycles. The quantitative estimate of drug-likeness (QED) is 0.801. The van der Waals surface area contributed by atoms with Gasteiger partial charge in [0, 0.05) is 18.7 Å². The smallest absolute Gasteiger partial charge is 0.239 e. The minimum Gasteiger partial charge on any atom is -0.472 e. The number of hydrogen-bond donors (Lipinski definition) is 1. The molecule has 0 aliphatic carbocycles. The second-order valence-electron chi connectivity index (χ2n) is 3.88. The molecule has 0 aromatic carbocycles. The second kappa shape index (κ2) is 6.33. The molecule has 0 aliphatic rings. The number of amides is 1. The van der Waals surface area contributed by atoms with Crippen molar-refractivity contribution in [2.24, 2.45) is 5.73 Å². The second-order valence-corrected chi connectivity index (χ2v) is 3.88. The van der Waals surface area contributed by atoms with Crippen molar-refractivity contribution in [3.8, 4) is 0 Å². The third-order valence-corrected chi connectivity index (χ3v) is 2.56. The van der Waals surface area contributed by atoms with Crippen LogP contribution in [0.25, 0.3) is 0 Å². The van der Waals surface area contributed by atoms with Crippen molar-refractivity contribution in [1.29, 1.82) is 0 Å². The molecule has 90 valence electrons. The average Bonchev–Trinajstić information content (AvgIpc) is 2.78. The fraction of sp³-hybridized carbons (Fsp3) is 0.583. The number of carbonyl (C=O) groups excluding carboxylic acids is 1. The van der Waals surface area contributed by atoms with Gasteiger partial charge in [-0.15, -0.1) is 0 Å². The Kier molecular flexibility index (Phi) is 5.05. The van der Waals surface area contributed by atoms with Gasteiger partial charge in [-0.1, -0.05) is 13.3 Å². The Morgan fingerprint density at radius 1 is 1.56 bits per heavy atom. The van der Waals surface area contributed by atoms with Gasteiger partial charge in [-0.05, 0) is 19.4 Å². The van der Waals surface area contributed by atoms with Crippen molar-refractivity contribution in [3.63, 3.8) is 0 Å². The van der Waals surface area contributed by atoms with Crippen LogP contribution in [0, 0.1) is 0 Å². The summed E-state index contributed by atoms with van der Waals surface area (Å²) in [6.07, 6.45) is 4.93. The lowest BCUT2D eigenvalue weighted by molar-refractivity contribution is -0.133. The Hall–Kier alpha value is -1.29. The Morgan fingerprint density at radius 2 is 2.31 bits per heavy atom. The topological polar surface area (TPSA) is 59.5 Å². The van der Waals surface area contributed by atoms with Gasteiger partial charge in [0.1, 0.15) is 0 Å². The number of likely N-dealkylation sites (N-methyl/N-ethyl adjacent to an activating group) is 1. The third-order valence-electron chi connectivity index (χ3n) is 2.56. The largest absolute Gasteiger partial charge is 0.472 e. The Labute approximate surface area is 96.4 Å². The van der Waals surface area contributed by atoms with E-state index in [4.69, 9.17) is 10.2 Å². The van der Waals surface area contributed by atoms with Crippen LogP contribution in [0.4, 0.5) is 0 Å². The minimum atomic E-state index is -0.378. The number of furan rings is 1. The van der Waals surface area contributed by atoms with Gasteiger partial charge >= 0.3 is 0 Å². The van der Waals surface area contributed by atoms with Crippen LogP contribution in [0.1, 0.15) is 32.3 Å². The first-order valence-electron chi connectivity index (χ1n) is 5.74. The number of nitrogens with zero attached hydrogens (tertiary/aromatic N) is 1. The number of carbonyl (C=O) groups is 1. The van der Waals surface area contributed by atoms with E-state index in [0.29, 0.717) is 13.1 Å². The van der Waals surface area contributed by atoms with Gasteiger partial charge in [0.15, 0.2) is 0 Å². The zero-order valence-corrected chi connectivity index (χ0v) is 9.98. The van der Waals surface area contributed by atoms with Gasteiger partial charge in [0.05, 0.1) is 18.6 Å². The summed E-state index contributed by atoms with van der Waals surface area (Å²) < 4.78 is 4.98. The Morgan fingerprint density at radius 3 is 2.81 bits per heavy atom. The van der Waals surface area contributed by atoms with Crippen LogP contribution < -0.4 is 5.73 Å². The number of nitrogens with two attached hydrogens (primary N) is 1. The first-order valence-corrected chi connectivity index (χ1v) is 5.74. The monoisotopic (exact) mass is 224 g/mol. The van der Waals surface area contributed by atoms with Crippen molar-refractivity contribution in [2.75, 3.05) is 6.54 Å². The van der Waals surface area contributed by atoms with E-state index >= 15 is 0 Å². The average molecular weight is 224 g/mol. The highest BCUT2D eigenvalue weighted by Crippen LogP contribution is 2.08. The molecule has 1 amide bonds. The third kappa shape index (κ3) is 3.38. The predicted molar refractivity (Wildman–Crippen MR) is 62.7 cm³/mol.